The van der Waals surface area contributed by atoms with Gasteiger partial charge in [0.25, 0.3) is 5.91 Å². The number of amides is 1. The van der Waals surface area contributed by atoms with E-state index in [1.807, 2.05) is 36.0 Å². The molecule has 0 aliphatic carbocycles. The van der Waals surface area contributed by atoms with E-state index in [9.17, 15) is 4.79 Å². The molecule has 23 heavy (non-hydrogen) atoms. The summed E-state index contributed by atoms with van der Waals surface area (Å²) in [6, 6.07) is 11.3. The minimum Gasteiger partial charge on any atom is -0.473 e. The molecule has 2 aromatic rings. The van der Waals surface area contributed by atoms with Gasteiger partial charge in [0.05, 0.1) is 0 Å². The molecule has 1 aliphatic heterocycles. The molecule has 0 bridgehead atoms. The lowest BCUT2D eigenvalue weighted by Gasteiger charge is -2.13. The highest BCUT2D eigenvalue weighted by atomic mass is 32.2. The van der Waals surface area contributed by atoms with Gasteiger partial charge in [-0.2, -0.15) is 11.8 Å². The first-order valence-electron chi connectivity index (χ1n) is 7.86. The summed E-state index contributed by atoms with van der Waals surface area (Å²) < 4.78 is 5.85. The van der Waals surface area contributed by atoms with Gasteiger partial charge >= 0.3 is 0 Å². The molecule has 1 N–H and O–H groups in total. The Morgan fingerprint density at radius 3 is 3.04 bits per heavy atom. The van der Waals surface area contributed by atoms with Crippen LogP contribution in [0.2, 0.25) is 0 Å². The van der Waals surface area contributed by atoms with Crippen molar-refractivity contribution in [3.8, 4) is 5.88 Å². The van der Waals surface area contributed by atoms with Gasteiger partial charge in [0.1, 0.15) is 6.10 Å². The van der Waals surface area contributed by atoms with Crippen LogP contribution >= 0.6 is 11.8 Å². The molecule has 0 radical (unpaired) electrons. The molecule has 4 nitrogen and oxygen atoms in total. The molecule has 1 amide bonds. The van der Waals surface area contributed by atoms with E-state index in [2.05, 4.69) is 17.2 Å². The number of carbonyl (C=O) groups is 1. The Hall–Kier alpha value is -2.01. The van der Waals surface area contributed by atoms with E-state index in [1.165, 1.54) is 0 Å². The highest BCUT2D eigenvalue weighted by Gasteiger charge is 2.18. The van der Waals surface area contributed by atoms with Crippen molar-refractivity contribution in [3.05, 3.63) is 53.7 Å². The SMILES string of the molecule is CCc1ccccc1NC(=O)c1ccnc(O[C@@H]2CCSC2)c1. The average molecular weight is 328 g/mol. The van der Waals surface area contributed by atoms with Crippen LogP contribution in [0.4, 0.5) is 5.69 Å². The Labute approximate surface area is 140 Å². The number of benzene rings is 1. The van der Waals surface area contributed by atoms with Crippen molar-refractivity contribution in [1.82, 2.24) is 4.98 Å². The minimum absolute atomic E-state index is 0.140. The molecule has 0 unspecified atom stereocenters. The molecule has 1 aromatic heterocycles. The van der Waals surface area contributed by atoms with Gasteiger partial charge in [-0.15, -0.1) is 0 Å². The minimum atomic E-state index is -0.140. The van der Waals surface area contributed by atoms with Gasteiger partial charge < -0.3 is 10.1 Å². The van der Waals surface area contributed by atoms with Gasteiger partial charge in [-0.1, -0.05) is 25.1 Å². The van der Waals surface area contributed by atoms with Crippen LogP contribution in [0.3, 0.4) is 0 Å². The molecule has 1 aliphatic rings. The lowest BCUT2D eigenvalue weighted by molar-refractivity contribution is 0.102. The molecule has 5 heteroatoms. The largest absolute Gasteiger partial charge is 0.473 e. The van der Waals surface area contributed by atoms with E-state index in [0.29, 0.717) is 11.4 Å². The summed E-state index contributed by atoms with van der Waals surface area (Å²) in [5, 5.41) is 2.97. The van der Waals surface area contributed by atoms with Crippen LogP contribution < -0.4 is 10.1 Å². The fraction of sp³-hybridized carbons (Fsp3) is 0.333. The Balaban J connectivity index is 1.71. The zero-order valence-electron chi connectivity index (χ0n) is 13.1. The van der Waals surface area contributed by atoms with Gasteiger partial charge in [0, 0.05) is 29.3 Å². The fourth-order valence-corrected chi connectivity index (χ4v) is 3.63. The molecule has 1 saturated heterocycles. The van der Waals surface area contributed by atoms with Crippen LogP contribution in [0.1, 0.15) is 29.3 Å². The molecule has 2 heterocycles. The number of hydrogen-bond acceptors (Lipinski definition) is 4. The number of hydrogen-bond donors (Lipinski definition) is 1. The van der Waals surface area contributed by atoms with Crippen molar-refractivity contribution in [2.45, 2.75) is 25.9 Å². The third-order valence-corrected chi connectivity index (χ3v) is 4.95. The van der Waals surface area contributed by atoms with Gasteiger partial charge in [0.2, 0.25) is 5.88 Å². The summed E-state index contributed by atoms with van der Waals surface area (Å²) in [6.07, 6.45) is 3.73. The first-order valence-corrected chi connectivity index (χ1v) is 9.01. The zero-order valence-corrected chi connectivity index (χ0v) is 13.9. The number of aromatic nitrogens is 1. The van der Waals surface area contributed by atoms with Gasteiger partial charge in [-0.25, -0.2) is 4.98 Å². The predicted octanol–water partition coefficient (Wildman–Crippen LogP) is 3.78. The smallest absolute Gasteiger partial charge is 0.255 e. The second-order valence-electron chi connectivity index (χ2n) is 5.45. The Kier molecular flexibility index (Phi) is 5.18. The van der Waals surface area contributed by atoms with Crippen LogP contribution in [0.15, 0.2) is 42.6 Å². The average Bonchev–Trinajstić information content (AvgIpc) is 3.08. The van der Waals surface area contributed by atoms with Crippen LogP contribution in [0.25, 0.3) is 0 Å². The monoisotopic (exact) mass is 328 g/mol. The fourth-order valence-electron chi connectivity index (χ4n) is 2.54. The number of rotatable bonds is 5. The molecular weight excluding hydrogens is 308 g/mol. The number of carbonyl (C=O) groups excluding carboxylic acids is 1. The number of thioether (sulfide) groups is 1. The van der Waals surface area contributed by atoms with Gasteiger partial charge in [0.15, 0.2) is 0 Å². The van der Waals surface area contributed by atoms with E-state index in [-0.39, 0.29) is 12.0 Å². The highest BCUT2D eigenvalue weighted by Crippen LogP contribution is 2.23. The maximum absolute atomic E-state index is 12.5. The number of pyridine rings is 1. The number of anilines is 1. The summed E-state index contributed by atoms with van der Waals surface area (Å²) in [7, 11) is 0. The molecule has 0 saturated carbocycles. The molecule has 1 fully saturated rings. The Morgan fingerprint density at radius 2 is 2.26 bits per heavy atom. The number of nitrogens with zero attached hydrogens (tertiary/aromatic N) is 1. The van der Waals surface area contributed by atoms with Crippen molar-refractivity contribution < 1.29 is 9.53 Å². The maximum Gasteiger partial charge on any atom is 0.255 e. The van der Waals surface area contributed by atoms with Crippen LogP contribution in [0.5, 0.6) is 5.88 Å². The van der Waals surface area contributed by atoms with Crippen molar-refractivity contribution in [2.24, 2.45) is 0 Å². The lowest BCUT2D eigenvalue weighted by Crippen LogP contribution is -2.17. The van der Waals surface area contributed by atoms with E-state index >= 15 is 0 Å². The van der Waals surface area contributed by atoms with E-state index in [0.717, 1.165) is 35.6 Å². The highest BCUT2D eigenvalue weighted by molar-refractivity contribution is 7.99. The lowest BCUT2D eigenvalue weighted by atomic mass is 10.1. The van der Waals surface area contributed by atoms with Crippen LogP contribution in [-0.2, 0) is 6.42 Å². The van der Waals surface area contributed by atoms with Crippen molar-refractivity contribution in [3.63, 3.8) is 0 Å². The normalized spacial score (nSPS) is 17.0. The third-order valence-electron chi connectivity index (χ3n) is 3.82. The second-order valence-corrected chi connectivity index (χ2v) is 6.60. The molecule has 3 rings (SSSR count). The molecule has 1 atom stereocenters. The van der Waals surface area contributed by atoms with Crippen LogP contribution in [-0.4, -0.2) is 28.5 Å². The maximum atomic E-state index is 12.5. The molecule has 120 valence electrons. The van der Waals surface area contributed by atoms with E-state index in [4.69, 9.17) is 4.74 Å². The predicted molar refractivity (Wildman–Crippen MR) is 94.4 cm³/mol. The standard InChI is InChI=1S/C18H20N2O2S/c1-2-13-5-3-4-6-16(13)20-18(21)14-7-9-19-17(11-14)22-15-8-10-23-12-15/h3-7,9,11,15H,2,8,10,12H2,1H3,(H,20,21)/t15-/m1/s1. The first kappa shape index (κ1) is 15.9. The molecular formula is C18H20N2O2S. The molecule has 0 spiro atoms. The van der Waals surface area contributed by atoms with Gasteiger partial charge in [-0.05, 0) is 36.3 Å². The third kappa shape index (κ3) is 4.05. The van der Waals surface area contributed by atoms with Gasteiger partial charge in [-0.3, -0.25) is 4.79 Å². The quantitative estimate of drug-likeness (QED) is 0.907. The van der Waals surface area contributed by atoms with Crippen molar-refractivity contribution in [1.29, 1.82) is 0 Å². The second kappa shape index (κ2) is 7.51. The number of nitrogens with one attached hydrogen (secondary N) is 1. The topological polar surface area (TPSA) is 51.2 Å². The van der Waals surface area contributed by atoms with Crippen LogP contribution in [0, 0.1) is 0 Å². The van der Waals surface area contributed by atoms with Crippen molar-refractivity contribution in [2.75, 3.05) is 16.8 Å². The summed E-state index contributed by atoms with van der Waals surface area (Å²) in [6.45, 7) is 2.07. The van der Waals surface area contributed by atoms with E-state index in [1.54, 1.807) is 18.3 Å². The summed E-state index contributed by atoms with van der Waals surface area (Å²) >= 11 is 1.89. The molecule has 1 aromatic carbocycles. The van der Waals surface area contributed by atoms with Crippen molar-refractivity contribution >= 4 is 23.4 Å². The summed E-state index contributed by atoms with van der Waals surface area (Å²) in [5.41, 5.74) is 2.53. The Bertz CT molecular complexity index is 684. The summed E-state index contributed by atoms with van der Waals surface area (Å²) in [4.78, 5) is 16.7. The number of aryl methyl sites for hydroxylation is 1. The first-order chi connectivity index (χ1) is 11.3. The number of ether oxygens (including phenoxy) is 1. The van der Waals surface area contributed by atoms with E-state index < -0.39 is 0 Å². The Morgan fingerprint density at radius 1 is 1.39 bits per heavy atom. The zero-order chi connectivity index (χ0) is 16.1. The number of para-hydroxylation sites is 1. The summed E-state index contributed by atoms with van der Waals surface area (Å²) in [5.74, 6) is 2.49.